The van der Waals surface area contributed by atoms with Gasteiger partial charge in [-0.2, -0.15) is 0 Å². The summed E-state index contributed by atoms with van der Waals surface area (Å²) in [5.74, 6) is 1.93. The largest absolute Gasteiger partial charge is 0.365 e. The molecule has 0 unspecified atom stereocenters. The lowest BCUT2D eigenvalue weighted by molar-refractivity contribution is 0.873. The van der Waals surface area contributed by atoms with E-state index in [-0.39, 0.29) is 0 Å². The Morgan fingerprint density at radius 2 is 0.978 bits per heavy atom. The molecule has 9 aromatic rings. The molecule has 0 atom stereocenters. The summed E-state index contributed by atoms with van der Waals surface area (Å²) >= 11 is 0. The minimum atomic E-state index is 0.628. The number of anilines is 1. The Labute approximate surface area is 263 Å². The molecule has 1 N–H and O–H groups in total. The number of hydrogen-bond acceptors (Lipinski definition) is 4. The Morgan fingerprint density at radius 1 is 0.435 bits per heavy atom. The van der Waals surface area contributed by atoms with Crippen LogP contribution in [-0.4, -0.2) is 23.9 Å². The van der Waals surface area contributed by atoms with Crippen LogP contribution in [0.4, 0.5) is 5.69 Å². The van der Waals surface area contributed by atoms with Gasteiger partial charge in [0.1, 0.15) is 0 Å². The topological polar surface area (TPSA) is 60.0 Å². The van der Waals surface area contributed by atoms with Gasteiger partial charge in [0.25, 0.3) is 0 Å². The summed E-state index contributed by atoms with van der Waals surface area (Å²) in [5.41, 5.74) is 9.67. The number of hydrogen-bond donors (Lipinski definition) is 1. The number of nitrogens with one attached hydrogen (secondary N) is 1. The van der Waals surface area contributed by atoms with Crippen molar-refractivity contribution in [2.45, 2.75) is 6.67 Å². The number of rotatable bonds is 3. The Balaban J connectivity index is 1.37. The average molecular weight is 591 g/mol. The van der Waals surface area contributed by atoms with Gasteiger partial charge in [-0.05, 0) is 24.3 Å². The summed E-state index contributed by atoms with van der Waals surface area (Å²) < 4.78 is 4.84. The predicted octanol–water partition coefficient (Wildman–Crippen LogP) is 9.48. The van der Waals surface area contributed by atoms with E-state index in [1.807, 2.05) is 60.7 Å². The van der Waals surface area contributed by atoms with E-state index < -0.39 is 0 Å². The molecule has 46 heavy (non-hydrogen) atoms. The molecule has 0 saturated carbocycles. The standard InChI is InChI=1S/C40H26N6/c1-3-12-25(13-4-1)38-42-39(26-14-5-2-6-15-26)44-40(43-38)31-22-23-34-37-35(31)41-24-45(37)32-20-9-7-16-27(32)29-18-11-19-30-28-17-8-10-21-33(28)46(34)36(29)30/h1-23,41H,24H2. The van der Waals surface area contributed by atoms with E-state index in [0.29, 0.717) is 24.1 Å². The highest BCUT2D eigenvalue weighted by molar-refractivity contribution is 6.21. The normalized spacial score (nSPS) is 12.4. The molecule has 6 heteroatoms. The van der Waals surface area contributed by atoms with Gasteiger partial charge in [-0.15, -0.1) is 0 Å². The molecule has 0 aliphatic carbocycles. The van der Waals surface area contributed by atoms with Crippen LogP contribution in [0.15, 0.2) is 140 Å². The van der Waals surface area contributed by atoms with Crippen LogP contribution in [-0.2, 0) is 6.67 Å². The lowest BCUT2D eigenvalue weighted by atomic mass is 10.1. The Kier molecular flexibility index (Phi) is 5.25. The van der Waals surface area contributed by atoms with E-state index in [1.165, 1.54) is 38.1 Å². The van der Waals surface area contributed by atoms with Gasteiger partial charge in [-0.25, -0.2) is 15.0 Å². The minimum absolute atomic E-state index is 0.628. The lowest BCUT2D eigenvalue weighted by Gasteiger charge is -2.13. The fourth-order valence-corrected chi connectivity index (χ4v) is 7.19. The molecule has 10 rings (SSSR count). The number of nitrogens with zero attached hydrogens (tertiary/aromatic N) is 5. The zero-order valence-corrected chi connectivity index (χ0v) is 24.7. The number of aromatic nitrogens is 5. The first-order valence-electron chi connectivity index (χ1n) is 15.5. The van der Waals surface area contributed by atoms with Crippen LogP contribution in [0.1, 0.15) is 0 Å². The maximum Gasteiger partial charge on any atom is 0.166 e. The van der Waals surface area contributed by atoms with Crippen molar-refractivity contribution >= 4 is 54.8 Å². The summed E-state index contributed by atoms with van der Waals surface area (Å²) in [6, 6.07) is 48.8. The third-order valence-corrected chi connectivity index (χ3v) is 9.20. The van der Waals surface area contributed by atoms with Gasteiger partial charge < -0.3 is 14.3 Å². The third-order valence-electron chi connectivity index (χ3n) is 9.20. The maximum atomic E-state index is 5.09. The Morgan fingerprint density at radius 3 is 1.65 bits per heavy atom. The maximum absolute atomic E-state index is 5.09. The second-order valence-electron chi connectivity index (χ2n) is 11.7. The predicted molar refractivity (Wildman–Crippen MR) is 188 cm³/mol. The monoisotopic (exact) mass is 590 g/mol. The van der Waals surface area contributed by atoms with Gasteiger partial charge in [0.15, 0.2) is 17.5 Å². The zero-order chi connectivity index (χ0) is 30.2. The fourth-order valence-electron chi connectivity index (χ4n) is 7.19. The van der Waals surface area contributed by atoms with E-state index in [1.54, 1.807) is 0 Å². The SMILES string of the molecule is c1ccc(-c2nc(-c3ccccc3)nc(-c3ccc4c5c3NCn5c3ccccc3c3cccc5c6ccccc6n4c35)n2)cc1. The molecule has 1 aliphatic rings. The lowest BCUT2D eigenvalue weighted by Crippen LogP contribution is -2.02. The summed E-state index contributed by atoms with van der Waals surface area (Å²) in [7, 11) is 0. The fraction of sp³-hybridized carbons (Fsp3) is 0.0250. The van der Waals surface area contributed by atoms with Crippen molar-refractivity contribution in [3.05, 3.63) is 140 Å². The quantitative estimate of drug-likeness (QED) is 0.223. The first-order chi connectivity index (χ1) is 22.8. The van der Waals surface area contributed by atoms with Crippen LogP contribution >= 0.6 is 0 Å². The van der Waals surface area contributed by atoms with Crippen LogP contribution in [0, 0.1) is 0 Å². The van der Waals surface area contributed by atoms with Crippen LogP contribution < -0.4 is 5.32 Å². The molecule has 0 bridgehead atoms. The van der Waals surface area contributed by atoms with Crippen molar-refractivity contribution in [3.8, 4) is 34.2 Å². The first kappa shape index (κ1) is 25.1. The van der Waals surface area contributed by atoms with Gasteiger partial charge in [0.05, 0.1) is 39.9 Å². The molecular weight excluding hydrogens is 564 g/mol. The van der Waals surface area contributed by atoms with Gasteiger partial charge in [0, 0.05) is 38.2 Å². The second kappa shape index (κ2) is 9.61. The number of fused-ring (bicyclic) bond motifs is 7. The molecule has 0 amide bonds. The van der Waals surface area contributed by atoms with Crippen molar-refractivity contribution in [1.29, 1.82) is 0 Å². The van der Waals surface area contributed by atoms with Crippen LogP contribution in [0.5, 0.6) is 0 Å². The van der Waals surface area contributed by atoms with E-state index in [0.717, 1.165) is 33.4 Å². The molecule has 1 aliphatic heterocycles. The summed E-state index contributed by atoms with van der Waals surface area (Å²) in [5, 5.41) is 8.70. The average Bonchev–Trinajstić information content (AvgIpc) is 3.72. The summed E-state index contributed by atoms with van der Waals surface area (Å²) in [6.07, 6.45) is 0. The van der Waals surface area contributed by atoms with E-state index in [4.69, 9.17) is 15.0 Å². The molecular formula is C40H26N6. The zero-order valence-electron chi connectivity index (χ0n) is 24.7. The summed E-state index contributed by atoms with van der Waals surface area (Å²) in [4.78, 5) is 15.1. The molecule has 6 nitrogen and oxygen atoms in total. The minimum Gasteiger partial charge on any atom is -0.365 e. The van der Waals surface area contributed by atoms with E-state index in [9.17, 15) is 0 Å². The van der Waals surface area contributed by atoms with Gasteiger partial charge >= 0.3 is 0 Å². The van der Waals surface area contributed by atoms with Crippen molar-refractivity contribution in [2.75, 3.05) is 5.32 Å². The summed E-state index contributed by atoms with van der Waals surface area (Å²) in [6.45, 7) is 0.628. The number of para-hydroxylation sites is 3. The molecule has 3 aromatic heterocycles. The molecule has 4 heterocycles. The smallest absolute Gasteiger partial charge is 0.166 e. The Bertz CT molecular complexity index is 2630. The molecule has 216 valence electrons. The van der Waals surface area contributed by atoms with Gasteiger partial charge in [-0.1, -0.05) is 115 Å². The molecule has 0 spiro atoms. The molecule has 0 radical (unpaired) electrons. The van der Waals surface area contributed by atoms with Crippen molar-refractivity contribution < 1.29 is 0 Å². The molecule has 0 fully saturated rings. The van der Waals surface area contributed by atoms with Crippen LogP contribution in [0.3, 0.4) is 0 Å². The highest BCUT2D eigenvalue weighted by Crippen LogP contribution is 2.42. The molecule has 6 aromatic carbocycles. The van der Waals surface area contributed by atoms with Crippen molar-refractivity contribution in [1.82, 2.24) is 23.9 Å². The van der Waals surface area contributed by atoms with Crippen LogP contribution in [0.25, 0.3) is 83.3 Å². The number of benzene rings is 6. The highest BCUT2D eigenvalue weighted by atomic mass is 15.2. The first-order valence-corrected chi connectivity index (χ1v) is 15.5. The van der Waals surface area contributed by atoms with Crippen LogP contribution in [0.2, 0.25) is 0 Å². The van der Waals surface area contributed by atoms with E-state index in [2.05, 4.69) is 93.1 Å². The highest BCUT2D eigenvalue weighted by Gasteiger charge is 2.24. The molecule has 0 saturated heterocycles. The Hall–Kier alpha value is -6.27. The van der Waals surface area contributed by atoms with Crippen molar-refractivity contribution in [2.24, 2.45) is 0 Å². The van der Waals surface area contributed by atoms with Crippen molar-refractivity contribution in [3.63, 3.8) is 0 Å². The third kappa shape index (κ3) is 3.55. The van der Waals surface area contributed by atoms with E-state index >= 15 is 0 Å². The second-order valence-corrected chi connectivity index (χ2v) is 11.7. The van der Waals surface area contributed by atoms with Gasteiger partial charge in [-0.3, -0.25) is 0 Å². The van der Waals surface area contributed by atoms with Gasteiger partial charge in [0.2, 0.25) is 0 Å².